The lowest BCUT2D eigenvalue weighted by atomic mass is 9.99. The summed E-state index contributed by atoms with van der Waals surface area (Å²) in [5.74, 6) is 0. The Labute approximate surface area is 312 Å². The lowest BCUT2D eigenvalue weighted by molar-refractivity contribution is 1.19. The van der Waals surface area contributed by atoms with E-state index in [9.17, 15) is 10.5 Å². The summed E-state index contributed by atoms with van der Waals surface area (Å²) >= 11 is 3.50. The molecule has 0 spiro atoms. The molecule has 0 bridgehead atoms. The second-order valence-electron chi connectivity index (χ2n) is 12.8. The van der Waals surface area contributed by atoms with E-state index >= 15 is 0 Å². The van der Waals surface area contributed by atoms with E-state index in [1.54, 1.807) is 22.7 Å². The van der Waals surface area contributed by atoms with Crippen LogP contribution in [0.2, 0.25) is 0 Å². The van der Waals surface area contributed by atoms with E-state index in [1.807, 2.05) is 42.5 Å². The maximum atomic E-state index is 9.91. The minimum atomic E-state index is 0.101. The molecule has 3 heterocycles. The third kappa shape index (κ3) is 4.37. The van der Waals surface area contributed by atoms with Gasteiger partial charge in [-0.1, -0.05) is 91.0 Å². The Kier molecular flexibility index (Phi) is 6.71. The van der Waals surface area contributed by atoms with Crippen LogP contribution in [0.5, 0.6) is 0 Å². The third-order valence-electron chi connectivity index (χ3n) is 10.2. The summed E-state index contributed by atoms with van der Waals surface area (Å²) < 4.78 is 4.69. The molecule has 2 aliphatic carbocycles. The molecule has 0 aliphatic heterocycles. The zero-order valence-corrected chi connectivity index (χ0v) is 29.3. The highest BCUT2D eigenvalue weighted by atomic mass is 32.1. The summed E-state index contributed by atoms with van der Waals surface area (Å²) in [5, 5.41) is 19.8. The average Bonchev–Trinajstić information content (AvgIpc) is 4.01. The van der Waals surface area contributed by atoms with Crippen molar-refractivity contribution in [2.45, 2.75) is 0 Å². The Morgan fingerprint density at radius 3 is 1.34 bits per heavy atom. The minimum absolute atomic E-state index is 0.101. The molecule has 0 fully saturated rings. The molecule has 0 N–H and O–H groups in total. The molecule has 5 aromatic carbocycles. The van der Waals surface area contributed by atoms with Gasteiger partial charge in [0.05, 0.1) is 45.7 Å². The molecule has 0 atom stereocenters. The predicted molar refractivity (Wildman–Crippen MR) is 215 cm³/mol. The molecule has 0 unspecified atom stereocenters. The third-order valence-corrected chi connectivity index (χ3v) is 12.7. The molecule has 0 radical (unpaired) electrons. The van der Waals surface area contributed by atoms with Gasteiger partial charge in [0.1, 0.15) is 0 Å². The van der Waals surface area contributed by atoms with Crippen LogP contribution >= 0.6 is 22.7 Å². The highest BCUT2D eigenvalue weighted by molar-refractivity contribution is 7.30. The summed E-state index contributed by atoms with van der Waals surface area (Å²) in [7, 11) is 0. The van der Waals surface area contributed by atoms with Crippen LogP contribution < -0.4 is 0 Å². The second kappa shape index (κ2) is 11.6. The predicted octanol–water partition coefficient (Wildman–Crippen LogP) is 12.6. The van der Waals surface area contributed by atoms with E-state index < -0.39 is 0 Å². The Morgan fingerprint density at radius 1 is 0.491 bits per heavy atom. The summed E-state index contributed by atoms with van der Waals surface area (Å²) in [5.41, 5.74) is 14.8. The zero-order chi connectivity index (χ0) is 35.8. The summed E-state index contributed by atoms with van der Waals surface area (Å²) in [6.45, 7) is 15.5. The topological polar surface area (TPSA) is 61.2 Å². The lowest BCUT2D eigenvalue weighted by Gasteiger charge is -2.07. The van der Waals surface area contributed by atoms with Crippen LogP contribution in [0.15, 0.2) is 139 Å². The summed E-state index contributed by atoms with van der Waals surface area (Å²) in [6, 6.07) is 47.9. The monoisotopic (exact) mass is 707 g/mol. The highest BCUT2D eigenvalue weighted by Crippen LogP contribution is 2.51. The first-order valence-electron chi connectivity index (χ1n) is 16.8. The zero-order valence-electron chi connectivity index (χ0n) is 27.7. The van der Waals surface area contributed by atoms with E-state index in [0.29, 0.717) is 11.1 Å². The van der Waals surface area contributed by atoms with Crippen molar-refractivity contribution in [3.8, 4) is 61.0 Å². The number of fused-ring (bicyclic) bond motifs is 9. The molecule has 53 heavy (non-hydrogen) atoms. The van der Waals surface area contributed by atoms with Crippen molar-refractivity contribution < 1.29 is 0 Å². The number of hydrogen-bond donors (Lipinski definition) is 0. The number of nitriles is 2. The molecular weight excluding hydrogens is 687 g/mol. The average molecular weight is 708 g/mol. The fraction of sp³-hybridized carbons (Fsp3) is 0. The first-order valence-corrected chi connectivity index (χ1v) is 18.4. The van der Waals surface area contributed by atoms with Gasteiger partial charge in [-0.15, -0.1) is 22.7 Å². The Hall–Kier alpha value is -7.26. The van der Waals surface area contributed by atoms with Gasteiger partial charge in [-0.2, -0.15) is 0 Å². The van der Waals surface area contributed by atoms with Gasteiger partial charge in [0.2, 0.25) is 0 Å². The Balaban J connectivity index is 1.15. The van der Waals surface area contributed by atoms with Crippen molar-refractivity contribution >= 4 is 54.3 Å². The van der Waals surface area contributed by atoms with Crippen LogP contribution in [-0.2, 0) is 0 Å². The van der Waals surface area contributed by atoms with Crippen molar-refractivity contribution in [3.05, 3.63) is 184 Å². The van der Waals surface area contributed by atoms with Crippen molar-refractivity contribution in [2.24, 2.45) is 0 Å². The second-order valence-corrected chi connectivity index (χ2v) is 14.9. The van der Waals surface area contributed by atoms with E-state index in [1.165, 1.54) is 9.40 Å². The Bertz CT molecular complexity index is 2930. The first-order chi connectivity index (χ1) is 26.1. The molecule has 10 rings (SSSR count). The smallest absolute Gasteiger partial charge is 0.270 e. The van der Waals surface area contributed by atoms with E-state index in [4.69, 9.17) is 13.1 Å². The van der Waals surface area contributed by atoms with Gasteiger partial charge in [0.15, 0.2) is 0 Å². The number of nitrogens with zero attached hydrogens (tertiary/aromatic N) is 5. The quantitative estimate of drug-likeness (QED) is 0.136. The van der Waals surface area contributed by atoms with Crippen molar-refractivity contribution in [3.63, 3.8) is 0 Å². The van der Waals surface area contributed by atoms with Gasteiger partial charge in [-0.05, 0) is 92.0 Å². The van der Waals surface area contributed by atoms with Crippen LogP contribution in [0, 0.1) is 35.8 Å². The molecule has 0 saturated heterocycles. The molecular formula is C46H21N5S2. The molecule has 242 valence electrons. The van der Waals surface area contributed by atoms with Gasteiger partial charge in [0.25, 0.3) is 11.4 Å². The fourth-order valence-corrected chi connectivity index (χ4v) is 10.3. The van der Waals surface area contributed by atoms with E-state index in [-0.39, 0.29) is 11.4 Å². The van der Waals surface area contributed by atoms with Crippen LogP contribution in [0.25, 0.3) is 90.1 Å². The Morgan fingerprint density at radius 2 is 0.906 bits per heavy atom. The van der Waals surface area contributed by atoms with Gasteiger partial charge >= 0.3 is 0 Å². The first kappa shape index (κ1) is 30.6. The molecule has 3 aromatic heterocycles. The maximum absolute atomic E-state index is 9.91. The van der Waals surface area contributed by atoms with Gasteiger partial charge in [-0.3, -0.25) is 0 Å². The highest BCUT2D eigenvalue weighted by Gasteiger charge is 2.29. The molecule has 7 heteroatoms. The lowest BCUT2D eigenvalue weighted by Crippen LogP contribution is -1.91. The van der Waals surface area contributed by atoms with Crippen LogP contribution in [-0.4, -0.2) is 4.57 Å². The summed E-state index contributed by atoms with van der Waals surface area (Å²) in [4.78, 5) is 9.43. The molecule has 2 aliphatic rings. The number of hydrogen-bond acceptors (Lipinski definition) is 4. The number of aromatic nitrogens is 1. The fourth-order valence-electron chi connectivity index (χ4n) is 7.91. The SMILES string of the molecule is [C-]#[N+]/C(C#N)=C1/c2ccccc2-c2ccc(-c3cc4c(s3)c3sc(-c5ccc6c(c5)/C(=C(\C#N)[N+]#[C-])c5ccccc5-6)cc3n4-c3ccccc3)cc21. The van der Waals surface area contributed by atoms with Crippen molar-refractivity contribution in [1.82, 2.24) is 4.57 Å². The molecule has 5 nitrogen and oxygen atoms in total. The minimum Gasteiger partial charge on any atom is -0.307 e. The number of allylic oxidation sites excluding steroid dienone is 2. The van der Waals surface area contributed by atoms with E-state index in [0.717, 1.165) is 82.1 Å². The largest absolute Gasteiger partial charge is 0.307 e. The van der Waals surface area contributed by atoms with Gasteiger partial charge in [-0.25, -0.2) is 20.2 Å². The van der Waals surface area contributed by atoms with Crippen LogP contribution in [0.1, 0.15) is 22.3 Å². The number of thiophene rings is 2. The van der Waals surface area contributed by atoms with Crippen molar-refractivity contribution in [2.75, 3.05) is 0 Å². The standard InChI is InChI=1S/C46H21N5S2/c1-49-37(24-47)43-33-14-8-6-12-29(33)31-18-16-26(20-35(31)43)41-22-39-45(52-41)46-40(51(39)28-10-4-3-5-11-28)23-42(53-46)27-17-19-32-30-13-7-9-15-34(30)44(36(32)21-27)38(25-48)50-2/h3-23H/b43-37-,44-38+. The van der Waals surface area contributed by atoms with Gasteiger partial charge in [0, 0.05) is 26.6 Å². The molecule has 0 saturated carbocycles. The number of para-hydroxylation sites is 1. The van der Waals surface area contributed by atoms with Gasteiger partial charge < -0.3 is 4.57 Å². The van der Waals surface area contributed by atoms with E-state index in [2.05, 4.69) is 111 Å². The number of benzene rings is 5. The molecule has 0 amide bonds. The van der Waals surface area contributed by atoms with Crippen molar-refractivity contribution in [1.29, 1.82) is 10.5 Å². The number of rotatable bonds is 3. The maximum Gasteiger partial charge on any atom is 0.270 e. The normalized spacial score (nSPS) is 14.0. The van der Waals surface area contributed by atoms with Crippen LogP contribution in [0.3, 0.4) is 0 Å². The molecule has 8 aromatic rings. The van der Waals surface area contributed by atoms with Crippen LogP contribution in [0.4, 0.5) is 0 Å². The summed E-state index contributed by atoms with van der Waals surface area (Å²) in [6.07, 6.45) is 0.